The number of imide groups is 1. The Morgan fingerprint density at radius 2 is 2.00 bits per heavy atom. The van der Waals surface area contributed by atoms with Gasteiger partial charge in [-0.3, -0.25) is 24.5 Å². The van der Waals surface area contributed by atoms with E-state index in [2.05, 4.69) is 31.5 Å². The molecule has 1 saturated heterocycles. The zero-order valence-corrected chi connectivity index (χ0v) is 17.5. The van der Waals surface area contributed by atoms with Crippen LogP contribution in [0.5, 0.6) is 0 Å². The number of halogens is 1. The van der Waals surface area contributed by atoms with Crippen molar-refractivity contribution in [2.24, 2.45) is 0 Å². The molecule has 1 aromatic heterocycles. The van der Waals surface area contributed by atoms with Crippen molar-refractivity contribution in [3.8, 4) is 0 Å². The van der Waals surface area contributed by atoms with Crippen molar-refractivity contribution in [3.63, 3.8) is 0 Å². The van der Waals surface area contributed by atoms with E-state index in [1.807, 2.05) is 13.8 Å². The van der Waals surface area contributed by atoms with Crippen molar-refractivity contribution in [2.75, 3.05) is 5.32 Å². The van der Waals surface area contributed by atoms with Gasteiger partial charge in [0, 0.05) is 34.4 Å². The quantitative estimate of drug-likeness (QED) is 0.613. The van der Waals surface area contributed by atoms with E-state index in [9.17, 15) is 19.2 Å². The summed E-state index contributed by atoms with van der Waals surface area (Å²) in [4.78, 5) is 53.4. The second-order valence-corrected chi connectivity index (χ2v) is 8.08. The second kappa shape index (κ2) is 7.14. The van der Waals surface area contributed by atoms with Gasteiger partial charge in [-0.05, 0) is 65.5 Å². The molecule has 8 nitrogen and oxygen atoms in total. The molecule has 9 heteroatoms. The number of nitrogens with zero attached hydrogens (tertiary/aromatic N) is 1. The fourth-order valence-corrected chi connectivity index (χ4v) is 4.10. The molecule has 29 heavy (non-hydrogen) atoms. The SMILES string of the molecule is Cc1[nH]c(C(=O)Nc2ccc3c(c2)CN(C2CCC(=O)NC2=O)C3=O)c(C)c1Br. The third-order valence-electron chi connectivity index (χ3n) is 5.35. The highest BCUT2D eigenvalue weighted by atomic mass is 79.9. The number of amides is 4. The van der Waals surface area contributed by atoms with E-state index in [-0.39, 0.29) is 30.7 Å². The summed E-state index contributed by atoms with van der Waals surface area (Å²) in [6.45, 7) is 3.98. The molecule has 0 bridgehead atoms. The van der Waals surface area contributed by atoms with Crippen molar-refractivity contribution in [1.82, 2.24) is 15.2 Å². The van der Waals surface area contributed by atoms with Gasteiger partial charge >= 0.3 is 0 Å². The number of H-pyrrole nitrogens is 1. The van der Waals surface area contributed by atoms with Gasteiger partial charge in [-0.15, -0.1) is 0 Å². The first kappa shape index (κ1) is 19.4. The van der Waals surface area contributed by atoms with E-state index >= 15 is 0 Å². The zero-order valence-electron chi connectivity index (χ0n) is 15.9. The van der Waals surface area contributed by atoms with Gasteiger partial charge in [0.05, 0.1) is 0 Å². The van der Waals surface area contributed by atoms with Gasteiger partial charge < -0.3 is 15.2 Å². The number of rotatable bonds is 3. The molecule has 1 aromatic carbocycles. The van der Waals surface area contributed by atoms with Crippen LogP contribution < -0.4 is 10.6 Å². The first-order valence-electron chi connectivity index (χ1n) is 9.20. The lowest BCUT2D eigenvalue weighted by atomic mass is 10.0. The summed E-state index contributed by atoms with van der Waals surface area (Å²) in [6, 6.07) is 4.41. The number of aromatic amines is 1. The van der Waals surface area contributed by atoms with E-state index in [1.54, 1.807) is 18.2 Å². The van der Waals surface area contributed by atoms with E-state index < -0.39 is 11.9 Å². The first-order valence-corrected chi connectivity index (χ1v) is 9.99. The summed E-state index contributed by atoms with van der Waals surface area (Å²) in [5.74, 6) is -1.28. The lowest BCUT2D eigenvalue weighted by Crippen LogP contribution is -2.52. The third kappa shape index (κ3) is 3.35. The molecule has 0 spiro atoms. The number of hydrogen-bond acceptors (Lipinski definition) is 4. The number of carbonyl (C=O) groups is 4. The summed E-state index contributed by atoms with van der Waals surface area (Å²) in [6.07, 6.45) is 0.524. The van der Waals surface area contributed by atoms with Gasteiger partial charge in [0.15, 0.2) is 0 Å². The molecule has 0 radical (unpaired) electrons. The van der Waals surface area contributed by atoms with Crippen LogP contribution in [-0.2, 0) is 16.1 Å². The summed E-state index contributed by atoms with van der Waals surface area (Å²) in [5, 5.41) is 5.13. The number of piperidine rings is 1. The van der Waals surface area contributed by atoms with E-state index in [4.69, 9.17) is 0 Å². The van der Waals surface area contributed by atoms with E-state index in [0.717, 1.165) is 21.3 Å². The summed E-state index contributed by atoms with van der Waals surface area (Å²) < 4.78 is 0.863. The number of aromatic nitrogens is 1. The monoisotopic (exact) mass is 458 g/mol. The average Bonchev–Trinajstić information content (AvgIpc) is 3.13. The Kier molecular flexibility index (Phi) is 4.77. The standard InChI is InChI=1S/C20H19BrN4O4/c1-9-16(21)10(2)22-17(9)19(28)23-12-3-4-13-11(7-12)8-25(20(13)29)14-5-6-15(26)24-18(14)27/h3-4,7,14,22H,5-6,8H2,1-2H3,(H,23,28)(H,24,26,27). The molecule has 4 amide bonds. The van der Waals surface area contributed by atoms with Gasteiger partial charge in [0.25, 0.3) is 11.8 Å². The highest BCUT2D eigenvalue weighted by Crippen LogP contribution is 2.30. The van der Waals surface area contributed by atoms with Gasteiger partial charge in [0.1, 0.15) is 11.7 Å². The number of fused-ring (bicyclic) bond motifs is 1. The van der Waals surface area contributed by atoms with Gasteiger partial charge in [-0.2, -0.15) is 0 Å². The summed E-state index contributed by atoms with van der Waals surface area (Å²) in [5.41, 5.74) is 3.96. The highest BCUT2D eigenvalue weighted by molar-refractivity contribution is 9.10. The molecule has 3 N–H and O–H groups in total. The Labute approximate surface area is 175 Å². The Balaban J connectivity index is 1.53. The van der Waals surface area contributed by atoms with Crippen LogP contribution in [0.3, 0.4) is 0 Å². The largest absolute Gasteiger partial charge is 0.353 e. The highest BCUT2D eigenvalue weighted by Gasteiger charge is 2.39. The maximum absolute atomic E-state index is 12.7. The fraction of sp³-hybridized carbons (Fsp3) is 0.300. The topological polar surface area (TPSA) is 111 Å². The number of hydrogen-bond donors (Lipinski definition) is 3. The van der Waals surface area contributed by atoms with Crippen LogP contribution in [0, 0.1) is 13.8 Å². The molecular weight excluding hydrogens is 440 g/mol. The molecule has 4 rings (SSSR count). The zero-order chi connectivity index (χ0) is 20.9. The summed E-state index contributed by atoms with van der Waals surface area (Å²) >= 11 is 3.45. The lowest BCUT2D eigenvalue weighted by Gasteiger charge is -2.29. The average molecular weight is 459 g/mol. The number of benzene rings is 1. The molecule has 1 atom stereocenters. The van der Waals surface area contributed by atoms with Crippen LogP contribution in [-0.4, -0.2) is 39.6 Å². The van der Waals surface area contributed by atoms with Crippen molar-refractivity contribution in [2.45, 2.75) is 39.3 Å². The molecule has 2 aliphatic heterocycles. The number of aryl methyl sites for hydroxylation is 1. The van der Waals surface area contributed by atoms with Crippen molar-refractivity contribution >= 4 is 45.2 Å². The molecule has 1 unspecified atom stereocenters. The molecule has 0 aliphatic carbocycles. The number of anilines is 1. The fourth-order valence-electron chi connectivity index (χ4n) is 3.80. The Morgan fingerprint density at radius 1 is 1.24 bits per heavy atom. The first-order chi connectivity index (χ1) is 13.8. The second-order valence-electron chi connectivity index (χ2n) is 7.29. The molecule has 3 heterocycles. The van der Waals surface area contributed by atoms with Crippen molar-refractivity contribution < 1.29 is 19.2 Å². The van der Waals surface area contributed by atoms with Crippen LogP contribution in [0.1, 0.15) is 50.5 Å². The Morgan fingerprint density at radius 3 is 2.66 bits per heavy atom. The minimum atomic E-state index is -0.660. The minimum Gasteiger partial charge on any atom is -0.353 e. The van der Waals surface area contributed by atoms with E-state index in [0.29, 0.717) is 23.4 Å². The van der Waals surface area contributed by atoms with Gasteiger partial charge in [-0.25, -0.2) is 0 Å². The van der Waals surface area contributed by atoms with Crippen LogP contribution in [0.2, 0.25) is 0 Å². The molecule has 2 aromatic rings. The molecule has 0 saturated carbocycles. The van der Waals surface area contributed by atoms with Gasteiger partial charge in [0.2, 0.25) is 11.8 Å². The van der Waals surface area contributed by atoms with Crippen LogP contribution >= 0.6 is 15.9 Å². The maximum atomic E-state index is 12.7. The third-order valence-corrected chi connectivity index (χ3v) is 6.54. The molecule has 1 fully saturated rings. The smallest absolute Gasteiger partial charge is 0.272 e. The van der Waals surface area contributed by atoms with E-state index in [1.165, 1.54) is 4.90 Å². The van der Waals surface area contributed by atoms with Gasteiger partial charge in [-0.1, -0.05) is 0 Å². The molecule has 150 valence electrons. The van der Waals surface area contributed by atoms with Crippen molar-refractivity contribution in [3.05, 3.63) is 50.8 Å². The Hall–Kier alpha value is -2.94. The van der Waals surface area contributed by atoms with Crippen LogP contribution in [0.25, 0.3) is 0 Å². The van der Waals surface area contributed by atoms with Crippen LogP contribution in [0.4, 0.5) is 5.69 Å². The minimum absolute atomic E-state index is 0.211. The maximum Gasteiger partial charge on any atom is 0.272 e. The predicted octanol–water partition coefficient (Wildman–Crippen LogP) is 2.41. The molecular formula is C20H19BrN4O4. The van der Waals surface area contributed by atoms with Crippen LogP contribution in [0.15, 0.2) is 22.7 Å². The number of nitrogens with one attached hydrogen (secondary N) is 3. The Bertz CT molecular complexity index is 1070. The summed E-state index contributed by atoms with van der Waals surface area (Å²) in [7, 11) is 0. The normalized spacial score (nSPS) is 18.7. The predicted molar refractivity (Wildman–Crippen MR) is 108 cm³/mol. The lowest BCUT2D eigenvalue weighted by molar-refractivity contribution is -0.136. The van der Waals surface area contributed by atoms with Crippen molar-refractivity contribution in [1.29, 1.82) is 0 Å². The molecule has 2 aliphatic rings. The number of carbonyl (C=O) groups excluding carboxylic acids is 4.